The maximum Gasteiger partial charge on any atom is 0.633 e. The zero-order valence-electron chi connectivity index (χ0n) is 15.7. The molecule has 0 aliphatic heterocycles. The number of nitrogens with zero attached hydrogens (tertiary/aromatic N) is 4. The summed E-state index contributed by atoms with van der Waals surface area (Å²) in [5.41, 5.74) is 6.89. The fourth-order valence-corrected chi connectivity index (χ4v) is 3.08. The third-order valence-corrected chi connectivity index (χ3v) is 4.69. The first-order valence-electron chi connectivity index (χ1n) is 9.07. The number of hydrogen-bond acceptors (Lipinski definition) is 8. The van der Waals surface area contributed by atoms with Crippen molar-refractivity contribution >= 4 is 36.4 Å². The van der Waals surface area contributed by atoms with Gasteiger partial charge in [-0.15, -0.1) is 5.10 Å². The molecule has 1 heterocycles. The lowest BCUT2D eigenvalue weighted by atomic mass is 10.1. The van der Waals surface area contributed by atoms with Gasteiger partial charge in [0.1, 0.15) is 6.54 Å². The predicted octanol–water partition coefficient (Wildman–Crippen LogP) is 0.843. The highest BCUT2D eigenvalue weighted by atomic mass is 35.5. The van der Waals surface area contributed by atoms with Gasteiger partial charge in [-0.25, -0.2) is 4.68 Å². The number of carbonyl (C=O) groups excluding carboxylic acids is 1. The smallest absolute Gasteiger partial charge is 0.402 e. The van der Waals surface area contributed by atoms with Crippen LogP contribution in [-0.4, -0.2) is 50.1 Å². The van der Waals surface area contributed by atoms with Crippen molar-refractivity contribution in [2.24, 2.45) is 5.73 Å². The van der Waals surface area contributed by atoms with E-state index in [0.717, 1.165) is 18.4 Å². The van der Waals surface area contributed by atoms with Gasteiger partial charge in [0.05, 0.1) is 6.04 Å². The van der Waals surface area contributed by atoms with Crippen LogP contribution in [0, 0.1) is 0 Å². The van der Waals surface area contributed by atoms with Crippen LogP contribution < -0.4 is 11.1 Å². The number of benzene rings is 1. The molecule has 2 rings (SSSR count). The summed E-state index contributed by atoms with van der Waals surface area (Å²) < 4.78 is 6.01. The minimum Gasteiger partial charge on any atom is -0.402 e. The molecule has 0 aliphatic rings. The number of unbranched alkanes of at least 4 members (excludes halogenated alkanes) is 2. The summed E-state index contributed by atoms with van der Waals surface area (Å²) in [6, 6.07) is 4.63. The van der Waals surface area contributed by atoms with Gasteiger partial charge in [-0.1, -0.05) is 42.1 Å². The lowest BCUT2D eigenvalue weighted by Gasteiger charge is -2.12. The first-order chi connectivity index (χ1) is 13.9. The van der Waals surface area contributed by atoms with Crippen LogP contribution in [-0.2, 0) is 22.5 Å². The fraction of sp³-hybridized carbons (Fsp3) is 0.500. The van der Waals surface area contributed by atoms with E-state index in [1.165, 1.54) is 4.68 Å². The summed E-state index contributed by atoms with van der Waals surface area (Å²) in [6.07, 6.45) is 2.86. The number of nitrogens with two attached hydrogens (primary N) is 1. The summed E-state index contributed by atoms with van der Waals surface area (Å²) in [5, 5.41) is 32.3. The van der Waals surface area contributed by atoms with Crippen LogP contribution in [0.1, 0.15) is 43.1 Å². The summed E-state index contributed by atoms with van der Waals surface area (Å²) >= 11 is 12.0. The van der Waals surface area contributed by atoms with Crippen LogP contribution in [0.4, 0.5) is 0 Å². The summed E-state index contributed by atoms with van der Waals surface area (Å²) in [7, 11) is -1.75. The second kappa shape index (κ2) is 12.1. The molecule has 0 fully saturated rings. The molecule has 1 atom stereocenters. The fourth-order valence-electron chi connectivity index (χ4n) is 2.60. The molecule has 0 spiro atoms. The van der Waals surface area contributed by atoms with E-state index in [0.29, 0.717) is 28.7 Å². The molecule has 1 aromatic carbocycles. The van der Waals surface area contributed by atoms with Crippen LogP contribution in [0.5, 0.6) is 0 Å². The molecule has 0 aliphatic carbocycles. The topological polar surface area (TPSA) is 148 Å². The highest BCUT2D eigenvalue weighted by molar-refractivity contribution is 6.35. The van der Waals surface area contributed by atoms with Crippen molar-refractivity contribution in [1.29, 1.82) is 0 Å². The molecule has 5 N–H and O–H groups in total. The van der Waals surface area contributed by atoms with Crippen LogP contribution in [0.3, 0.4) is 0 Å². The minimum absolute atomic E-state index is 0.0660. The van der Waals surface area contributed by atoms with Gasteiger partial charge in [-0.05, 0) is 41.0 Å². The van der Waals surface area contributed by atoms with Crippen molar-refractivity contribution in [1.82, 2.24) is 25.5 Å². The molecule has 1 unspecified atom stereocenters. The zero-order chi connectivity index (χ0) is 21.2. The Morgan fingerprint density at radius 1 is 1.31 bits per heavy atom. The second-order valence-electron chi connectivity index (χ2n) is 6.36. The SMILES string of the molecule is NC(CCCCCOB(O)O)c1nnnn1CC(=O)NCc1ccc(Cl)cc1Cl. The molecule has 0 radical (unpaired) electrons. The summed E-state index contributed by atoms with van der Waals surface area (Å²) in [6.45, 7) is 0.439. The third-order valence-electron chi connectivity index (χ3n) is 4.10. The van der Waals surface area contributed by atoms with Gasteiger partial charge in [0, 0.05) is 23.2 Å². The number of tetrazole rings is 1. The number of hydrogen-bond donors (Lipinski definition) is 4. The number of rotatable bonds is 12. The molecular weight excluding hydrogens is 422 g/mol. The molecule has 29 heavy (non-hydrogen) atoms. The first kappa shape index (κ1) is 23.5. The second-order valence-corrected chi connectivity index (χ2v) is 7.20. The lowest BCUT2D eigenvalue weighted by Crippen LogP contribution is -2.29. The molecule has 158 valence electrons. The van der Waals surface area contributed by atoms with Gasteiger partial charge < -0.3 is 25.8 Å². The van der Waals surface area contributed by atoms with E-state index in [1.807, 2.05) is 0 Å². The van der Waals surface area contributed by atoms with Gasteiger partial charge >= 0.3 is 7.32 Å². The van der Waals surface area contributed by atoms with E-state index < -0.39 is 13.4 Å². The molecule has 2 aromatic rings. The van der Waals surface area contributed by atoms with Crippen molar-refractivity contribution in [2.75, 3.05) is 6.61 Å². The highest BCUT2D eigenvalue weighted by Crippen LogP contribution is 2.20. The normalized spacial score (nSPS) is 12.0. The summed E-state index contributed by atoms with van der Waals surface area (Å²) in [5.74, 6) is 0.142. The number of halogens is 2. The minimum atomic E-state index is -1.75. The van der Waals surface area contributed by atoms with E-state index >= 15 is 0 Å². The van der Waals surface area contributed by atoms with Gasteiger partial charge in [-0.3, -0.25) is 4.79 Å². The quantitative estimate of drug-likeness (QED) is 0.278. The molecule has 10 nitrogen and oxygen atoms in total. The van der Waals surface area contributed by atoms with E-state index in [4.69, 9.17) is 39.0 Å². The highest BCUT2D eigenvalue weighted by Gasteiger charge is 2.17. The van der Waals surface area contributed by atoms with Gasteiger partial charge in [0.2, 0.25) is 5.91 Å². The van der Waals surface area contributed by atoms with Crippen molar-refractivity contribution < 1.29 is 19.5 Å². The van der Waals surface area contributed by atoms with Crippen molar-refractivity contribution in [3.8, 4) is 0 Å². The maximum absolute atomic E-state index is 12.2. The van der Waals surface area contributed by atoms with Crippen LogP contribution >= 0.6 is 23.2 Å². The monoisotopic (exact) mass is 444 g/mol. The Bertz CT molecular complexity index is 795. The lowest BCUT2D eigenvalue weighted by molar-refractivity contribution is -0.122. The third kappa shape index (κ3) is 8.25. The number of carbonyl (C=O) groups is 1. The van der Waals surface area contributed by atoms with Gasteiger partial charge in [-0.2, -0.15) is 0 Å². The number of aromatic nitrogens is 4. The van der Waals surface area contributed by atoms with E-state index in [-0.39, 0.29) is 25.6 Å². The van der Waals surface area contributed by atoms with Crippen molar-refractivity contribution in [2.45, 2.75) is 44.8 Å². The largest absolute Gasteiger partial charge is 0.633 e. The van der Waals surface area contributed by atoms with Crippen molar-refractivity contribution in [3.63, 3.8) is 0 Å². The van der Waals surface area contributed by atoms with Crippen LogP contribution in [0.25, 0.3) is 0 Å². The number of nitrogens with one attached hydrogen (secondary N) is 1. The Morgan fingerprint density at radius 3 is 2.83 bits per heavy atom. The number of amides is 1. The molecular formula is C16H23BCl2N6O4. The standard InChI is InChI=1S/C16H23BCl2N6O4/c18-12-6-5-11(13(19)8-12)9-21-15(26)10-25-16(22-23-24-25)14(20)4-2-1-3-7-29-17(27)28/h5-6,8,14,27-28H,1-4,7,9-10,20H2,(H,21,26). The Labute approximate surface area is 178 Å². The Kier molecular flexibility index (Phi) is 9.78. The van der Waals surface area contributed by atoms with E-state index in [2.05, 4.69) is 25.5 Å². The first-order valence-corrected chi connectivity index (χ1v) is 9.82. The molecule has 0 bridgehead atoms. The predicted molar refractivity (Wildman–Crippen MR) is 108 cm³/mol. The molecule has 1 amide bonds. The Morgan fingerprint density at radius 2 is 2.10 bits per heavy atom. The van der Waals surface area contributed by atoms with Crippen LogP contribution in [0.2, 0.25) is 10.0 Å². The maximum atomic E-state index is 12.2. The summed E-state index contributed by atoms with van der Waals surface area (Å²) in [4.78, 5) is 12.2. The molecule has 1 aromatic heterocycles. The van der Waals surface area contributed by atoms with Crippen LogP contribution in [0.15, 0.2) is 18.2 Å². The van der Waals surface area contributed by atoms with E-state index in [1.54, 1.807) is 18.2 Å². The average Bonchev–Trinajstić information content (AvgIpc) is 3.11. The molecule has 0 saturated carbocycles. The van der Waals surface area contributed by atoms with Crippen molar-refractivity contribution in [3.05, 3.63) is 39.6 Å². The van der Waals surface area contributed by atoms with Gasteiger partial charge in [0.15, 0.2) is 5.82 Å². The Balaban J connectivity index is 1.77. The molecule has 0 saturated heterocycles. The van der Waals surface area contributed by atoms with E-state index in [9.17, 15) is 4.79 Å². The zero-order valence-corrected chi connectivity index (χ0v) is 17.2. The van der Waals surface area contributed by atoms with Gasteiger partial charge in [0.25, 0.3) is 0 Å². The Hall–Kier alpha value is -1.76. The molecule has 13 heteroatoms. The average molecular weight is 445 g/mol.